The first-order chi connectivity index (χ1) is 15.1. The molecule has 0 aliphatic carbocycles. The number of amides is 4. The summed E-state index contributed by atoms with van der Waals surface area (Å²) in [6, 6.07) is -4.60. The highest BCUT2D eigenvalue weighted by atomic mass is 32.2. The number of carbonyl (C=O) groups is 5. The molecule has 0 aliphatic heterocycles. The van der Waals surface area contributed by atoms with E-state index in [-0.39, 0.29) is 12.2 Å². The van der Waals surface area contributed by atoms with E-state index in [1.807, 2.05) is 6.26 Å². The average molecular weight is 495 g/mol. The highest BCUT2D eigenvalue weighted by molar-refractivity contribution is 7.98. The Hall–Kier alpha value is -2.03. The van der Waals surface area contributed by atoms with E-state index >= 15 is 0 Å². The van der Waals surface area contributed by atoms with E-state index in [1.165, 1.54) is 11.8 Å². The number of carbonyl (C=O) groups excluding carboxylic acids is 4. The van der Waals surface area contributed by atoms with Crippen molar-refractivity contribution >= 4 is 54.0 Å². The first kappa shape index (κ1) is 30.0. The van der Waals surface area contributed by atoms with Gasteiger partial charge in [0.05, 0.1) is 12.5 Å². The predicted molar refractivity (Wildman–Crippen MR) is 125 cm³/mol. The number of nitrogens with one attached hydrogen (secondary N) is 3. The Morgan fingerprint density at radius 3 is 2.00 bits per heavy atom. The largest absolute Gasteiger partial charge is 0.480 e. The molecule has 0 bridgehead atoms. The minimum absolute atomic E-state index is 0.204. The minimum atomic E-state index is -1.43. The van der Waals surface area contributed by atoms with Crippen molar-refractivity contribution < 1.29 is 29.1 Å². The highest BCUT2D eigenvalue weighted by Gasteiger charge is 2.30. The van der Waals surface area contributed by atoms with Gasteiger partial charge in [0.1, 0.15) is 18.1 Å². The summed E-state index contributed by atoms with van der Waals surface area (Å²) in [5, 5.41) is 16.2. The number of rotatable bonds is 17. The molecule has 0 saturated carbocycles. The number of thiol groups is 1. The molecule has 0 aliphatic rings. The lowest BCUT2D eigenvalue weighted by Crippen LogP contribution is -2.58. The van der Waals surface area contributed by atoms with Gasteiger partial charge in [-0.05, 0) is 44.2 Å². The Bertz CT molecular complexity index is 653. The minimum Gasteiger partial charge on any atom is -0.480 e. The molecule has 0 heterocycles. The Morgan fingerprint density at radius 2 is 1.50 bits per heavy atom. The molecular formula is C18H34N6O6S2. The lowest BCUT2D eigenvalue weighted by Gasteiger charge is -2.24. The lowest BCUT2D eigenvalue weighted by atomic mass is 10.1. The first-order valence-corrected chi connectivity index (χ1v) is 12.1. The molecule has 32 heavy (non-hydrogen) atoms. The molecular weight excluding hydrogens is 460 g/mol. The lowest BCUT2D eigenvalue weighted by molar-refractivity contribution is -0.141. The van der Waals surface area contributed by atoms with Crippen LogP contribution in [0.15, 0.2) is 0 Å². The normalized spacial score (nSPS) is 14.5. The molecule has 4 atom stereocenters. The van der Waals surface area contributed by atoms with E-state index in [2.05, 4.69) is 28.6 Å². The van der Waals surface area contributed by atoms with Gasteiger partial charge in [-0.25, -0.2) is 4.79 Å². The van der Waals surface area contributed by atoms with Gasteiger partial charge < -0.3 is 38.3 Å². The standard InChI is InChI=1S/C18H34N6O6S2/c1-32-7-5-10(20)15(26)22-11(4-2-3-6-19)16(27)23-12(8-14(21)25)17(28)24-13(9-31)18(29)30/h10-13,31H,2-9,19-20H2,1H3,(H2,21,25)(H,22,26)(H,23,27)(H,24,28)(H,29,30). The molecule has 0 rings (SSSR count). The highest BCUT2D eigenvalue weighted by Crippen LogP contribution is 2.05. The number of nitrogens with two attached hydrogens (primary N) is 3. The fourth-order valence-electron chi connectivity index (χ4n) is 2.56. The van der Waals surface area contributed by atoms with Crippen LogP contribution in [-0.2, 0) is 24.0 Å². The SMILES string of the molecule is CSCCC(N)C(=O)NC(CCCCN)C(=O)NC(CC(N)=O)C(=O)NC(CS)C(=O)O. The zero-order valence-electron chi connectivity index (χ0n) is 18.0. The molecule has 0 spiro atoms. The number of thioether (sulfide) groups is 1. The maximum atomic E-state index is 12.8. The molecule has 0 radical (unpaired) electrons. The van der Waals surface area contributed by atoms with E-state index in [1.54, 1.807) is 0 Å². The van der Waals surface area contributed by atoms with Crippen molar-refractivity contribution in [2.45, 2.75) is 56.3 Å². The average Bonchev–Trinajstić information content (AvgIpc) is 2.73. The van der Waals surface area contributed by atoms with Gasteiger partial charge in [-0.15, -0.1) is 0 Å². The number of hydrogen-bond donors (Lipinski definition) is 8. The van der Waals surface area contributed by atoms with Gasteiger partial charge in [-0.3, -0.25) is 19.2 Å². The van der Waals surface area contributed by atoms with Crippen LogP contribution in [0, 0.1) is 0 Å². The van der Waals surface area contributed by atoms with Crippen LogP contribution in [0.4, 0.5) is 0 Å². The first-order valence-electron chi connectivity index (χ1n) is 10.0. The number of aliphatic carboxylic acids is 1. The fraction of sp³-hybridized carbons (Fsp3) is 0.722. The number of carboxylic acids is 1. The van der Waals surface area contributed by atoms with Crippen LogP contribution < -0.4 is 33.2 Å². The second-order valence-corrected chi connectivity index (χ2v) is 8.40. The number of hydrogen-bond acceptors (Lipinski definition) is 9. The molecule has 0 aromatic heterocycles. The van der Waals surface area contributed by atoms with Crippen molar-refractivity contribution in [3.63, 3.8) is 0 Å². The van der Waals surface area contributed by atoms with Crippen LogP contribution in [0.1, 0.15) is 32.1 Å². The maximum Gasteiger partial charge on any atom is 0.327 e. The summed E-state index contributed by atoms with van der Waals surface area (Å²) in [5.41, 5.74) is 16.5. The van der Waals surface area contributed by atoms with Crippen LogP contribution in [-0.4, -0.2) is 83.2 Å². The third kappa shape index (κ3) is 12.1. The second kappa shape index (κ2) is 16.6. The summed E-state index contributed by atoms with van der Waals surface area (Å²) < 4.78 is 0. The third-order valence-electron chi connectivity index (χ3n) is 4.39. The monoisotopic (exact) mass is 494 g/mol. The molecule has 0 saturated heterocycles. The van der Waals surface area contributed by atoms with E-state index in [9.17, 15) is 24.0 Å². The van der Waals surface area contributed by atoms with Gasteiger partial charge >= 0.3 is 5.97 Å². The molecule has 4 amide bonds. The third-order valence-corrected chi connectivity index (χ3v) is 5.39. The molecule has 184 valence electrons. The molecule has 0 aromatic rings. The summed E-state index contributed by atoms with van der Waals surface area (Å²) >= 11 is 5.38. The molecule has 10 N–H and O–H groups in total. The summed E-state index contributed by atoms with van der Waals surface area (Å²) in [4.78, 5) is 60.2. The molecule has 4 unspecified atom stereocenters. The quantitative estimate of drug-likeness (QED) is 0.0792. The smallest absolute Gasteiger partial charge is 0.327 e. The van der Waals surface area contributed by atoms with Crippen LogP contribution in [0.2, 0.25) is 0 Å². The summed E-state index contributed by atoms with van der Waals surface area (Å²) in [7, 11) is 0. The Kier molecular flexibility index (Phi) is 15.5. The number of primary amides is 1. The Balaban J connectivity index is 5.38. The summed E-state index contributed by atoms with van der Waals surface area (Å²) in [6.45, 7) is 0.391. The van der Waals surface area contributed by atoms with E-state index in [4.69, 9.17) is 22.3 Å². The predicted octanol–water partition coefficient (Wildman–Crippen LogP) is -2.46. The van der Waals surface area contributed by atoms with Gasteiger partial charge in [0.15, 0.2) is 0 Å². The van der Waals surface area contributed by atoms with Crippen molar-refractivity contribution in [3.05, 3.63) is 0 Å². The van der Waals surface area contributed by atoms with Gasteiger partial charge in [0, 0.05) is 5.75 Å². The van der Waals surface area contributed by atoms with E-state index < -0.39 is 60.2 Å². The van der Waals surface area contributed by atoms with Crippen LogP contribution >= 0.6 is 24.4 Å². The van der Waals surface area contributed by atoms with Crippen molar-refractivity contribution in [1.82, 2.24) is 16.0 Å². The van der Waals surface area contributed by atoms with E-state index in [0.717, 1.165) is 0 Å². The van der Waals surface area contributed by atoms with Crippen LogP contribution in [0.3, 0.4) is 0 Å². The molecule has 0 fully saturated rings. The molecule has 0 aromatic carbocycles. The van der Waals surface area contributed by atoms with Gasteiger partial charge in [0.2, 0.25) is 23.6 Å². The van der Waals surface area contributed by atoms with Crippen molar-refractivity contribution in [1.29, 1.82) is 0 Å². The summed E-state index contributed by atoms with van der Waals surface area (Å²) in [5.74, 6) is -3.92. The van der Waals surface area contributed by atoms with Gasteiger partial charge in [0.25, 0.3) is 0 Å². The van der Waals surface area contributed by atoms with E-state index in [0.29, 0.717) is 31.6 Å². The number of carboxylic acid groups (broad SMARTS) is 1. The molecule has 12 nitrogen and oxygen atoms in total. The van der Waals surface area contributed by atoms with Crippen molar-refractivity contribution in [3.8, 4) is 0 Å². The fourth-order valence-corrected chi connectivity index (χ4v) is 3.29. The zero-order chi connectivity index (χ0) is 24.7. The van der Waals surface area contributed by atoms with Gasteiger partial charge in [-0.2, -0.15) is 24.4 Å². The van der Waals surface area contributed by atoms with Gasteiger partial charge in [-0.1, -0.05) is 0 Å². The molecule has 14 heteroatoms. The Morgan fingerprint density at radius 1 is 0.938 bits per heavy atom. The van der Waals surface area contributed by atoms with Crippen molar-refractivity contribution in [2.24, 2.45) is 17.2 Å². The second-order valence-electron chi connectivity index (χ2n) is 7.05. The summed E-state index contributed by atoms with van der Waals surface area (Å²) in [6.07, 6.45) is 3.07. The number of unbranched alkanes of at least 4 members (excludes halogenated alkanes) is 1. The van der Waals surface area contributed by atoms with Crippen molar-refractivity contribution in [2.75, 3.05) is 24.3 Å². The van der Waals surface area contributed by atoms with Crippen LogP contribution in [0.5, 0.6) is 0 Å². The Labute approximate surface area is 196 Å². The van der Waals surface area contributed by atoms with Crippen LogP contribution in [0.25, 0.3) is 0 Å². The topological polar surface area (TPSA) is 220 Å². The maximum absolute atomic E-state index is 12.8. The zero-order valence-corrected chi connectivity index (χ0v) is 19.8.